The zero-order chi connectivity index (χ0) is 18.9. The molecular weight excluding hydrogens is 314 g/mol. The standard InChI is InChI=1S/C21H35NO3/c1-7-10-11-14-21(6,24-9-3)20(23)22-18-12-13-19(16(4)15-18)25-17(5)8-2/h12-13,15,17H,7-11,14H2,1-6H3,(H,22,23)/t17-,21+/m1/s1. The van der Waals surface area contributed by atoms with E-state index in [1.807, 2.05) is 39.0 Å². The molecule has 2 atom stereocenters. The first-order valence-electron chi connectivity index (χ1n) is 9.59. The van der Waals surface area contributed by atoms with Gasteiger partial charge in [0.15, 0.2) is 0 Å². The van der Waals surface area contributed by atoms with Crippen molar-refractivity contribution in [3.05, 3.63) is 23.8 Å². The number of unbranched alkanes of at least 4 members (excludes halogenated alkanes) is 2. The molecule has 0 saturated carbocycles. The summed E-state index contributed by atoms with van der Waals surface area (Å²) in [7, 11) is 0. The van der Waals surface area contributed by atoms with E-state index in [0.717, 1.165) is 49.1 Å². The second-order valence-electron chi connectivity index (χ2n) is 6.89. The largest absolute Gasteiger partial charge is 0.490 e. The highest BCUT2D eigenvalue weighted by molar-refractivity contribution is 5.97. The quantitative estimate of drug-likeness (QED) is 0.538. The molecule has 0 saturated heterocycles. The van der Waals surface area contributed by atoms with Gasteiger partial charge in [-0.1, -0.05) is 33.1 Å². The lowest BCUT2D eigenvalue weighted by Crippen LogP contribution is -2.42. The number of nitrogens with one attached hydrogen (secondary N) is 1. The van der Waals surface area contributed by atoms with E-state index in [1.165, 1.54) is 0 Å². The van der Waals surface area contributed by atoms with Gasteiger partial charge in [-0.2, -0.15) is 0 Å². The molecule has 1 aromatic carbocycles. The lowest BCUT2D eigenvalue weighted by Gasteiger charge is -2.28. The van der Waals surface area contributed by atoms with Gasteiger partial charge in [0.05, 0.1) is 6.10 Å². The number of ether oxygens (including phenoxy) is 2. The molecule has 0 aliphatic carbocycles. The Labute approximate surface area is 153 Å². The van der Waals surface area contributed by atoms with Gasteiger partial charge >= 0.3 is 0 Å². The molecule has 0 radical (unpaired) electrons. The third kappa shape index (κ3) is 6.69. The Morgan fingerprint density at radius 2 is 1.96 bits per heavy atom. The van der Waals surface area contributed by atoms with Crippen LogP contribution < -0.4 is 10.1 Å². The number of carbonyl (C=O) groups excluding carboxylic acids is 1. The third-order valence-corrected chi connectivity index (χ3v) is 4.54. The van der Waals surface area contributed by atoms with E-state index in [9.17, 15) is 4.79 Å². The normalized spacial score (nSPS) is 14.6. The van der Waals surface area contributed by atoms with E-state index in [-0.39, 0.29) is 12.0 Å². The Hall–Kier alpha value is -1.55. The van der Waals surface area contributed by atoms with Crippen molar-refractivity contribution < 1.29 is 14.3 Å². The first-order valence-corrected chi connectivity index (χ1v) is 9.59. The highest BCUT2D eigenvalue weighted by Gasteiger charge is 2.33. The van der Waals surface area contributed by atoms with Crippen LogP contribution in [0.5, 0.6) is 5.75 Å². The van der Waals surface area contributed by atoms with Crippen molar-refractivity contribution in [1.29, 1.82) is 0 Å². The fourth-order valence-corrected chi connectivity index (χ4v) is 2.70. The Morgan fingerprint density at radius 1 is 1.24 bits per heavy atom. The van der Waals surface area contributed by atoms with Gasteiger partial charge in [0.1, 0.15) is 11.4 Å². The Kier molecular flexibility index (Phi) is 8.98. The number of benzene rings is 1. The maximum absolute atomic E-state index is 12.8. The molecule has 0 aliphatic rings. The van der Waals surface area contributed by atoms with Crippen molar-refractivity contribution in [1.82, 2.24) is 0 Å². The number of aryl methyl sites for hydroxylation is 1. The van der Waals surface area contributed by atoms with Crippen LogP contribution >= 0.6 is 0 Å². The molecule has 0 unspecified atom stereocenters. The SMILES string of the molecule is CCCCC[C@](C)(OCC)C(=O)Nc1ccc(O[C@H](C)CC)c(C)c1. The summed E-state index contributed by atoms with van der Waals surface area (Å²) in [5.41, 5.74) is 1.01. The van der Waals surface area contributed by atoms with Crippen molar-refractivity contribution in [2.24, 2.45) is 0 Å². The third-order valence-electron chi connectivity index (χ3n) is 4.54. The summed E-state index contributed by atoms with van der Waals surface area (Å²) in [6, 6.07) is 5.77. The summed E-state index contributed by atoms with van der Waals surface area (Å²) in [5, 5.41) is 3.01. The second kappa shape index (κ2) is 10.4. The van der Waals surface area contributed by atoms with Gasteiger partial charge in [-0.05, 0) is 64.3 Å². The van der Waals surface area contributed by atoms with Gasteiger partial charge in [0.2, 0.25) is 0 Å². The maximum atomic E-state index is 12.8. The fourth-order valence-electron chi connectivity index (χ4n) is 2.70. The van der Waals surface area contributed by atoms with E-state index >= 15 is 0 Å². The molecule has 1 aromatic rings. The lowest BCUT2D eigenvalue weighted by atomic mass is 9.96. The van der Waals surface area contributed by atoms with E-state index in [1.54, 1.807) is 0 Å². The number of rotatable bonds is 11. The van der Waals surface area contributed by atoms with Gasteiger partial charge < -0.3 is 14.8 Å². The van der Waals surface area contributed by atoms with Crippen LogP contribution in [-0.2, 0) is 9.53 Å². The molecule has 0 spiro atoms. The Bertz CT molecular complexity index is 544. The molecule has 4 heteroatoms. The molecular formula is C21H35NO3. The molecule has 0 bridgehead atoms. The Balaban J connectivity index is 2.80. The maximum Gasteiger partial charge on any atom is 0.256 e. The van der Waals surface area contributed by atoms with Crippen LogP contribution in [0.25, 0.3) is 0 Å². The van der Waals surface area contributed by atoms with Crippen LogP contribution in [0, 0.1) is 6.92 Å². The van der Waals surface area contributed by atoms with Crippen LogP contribution in [0.3, 0.4) is 0 Å². The zero-order valence-electron chi connectivity index (χ0n) is 16.8. The minimum atomic E-state index is -0.788. The highest BCUT2D eigenvalue weighted by Crippen LogP contribution is 2.26. The minimum absolute atomic E-state index is 0.0829. The zero-order valence-corrected chi connectivity index (χ0v) is 16.8. The summed E-state index contributed by atoms with van der Waals surface area (Å²) in [5.74, 6) is 0.781. The summed E-state index contributed by atoms with van der Waals surface area (Å²) in [6.07, 6.45) is 5.09. The van der Waals surface area contributed by atoms with Gasteiger partial charge in [-0.15, -0.1) is 0 Å². The summed E-state index contributed by atoms with van der Waals surface area (Å²) in [6.45, 7) is 12.6. The highest BCUT2D eigenvalue weighted by atomic mass is 16.5. The van der Waals surface area contributed by atoms with Crippen LogP contribution in [0.15, 0.2) is 18.2 Å². The number of anilines is 1. The predicted octanol–water partition coefficient (Wildman–Crippen LogP) is 5.49. The molecule has 142 valence electrons. The topological polar surface area (TPSA) is 47.6 Å². The molecule has 1 rings (SSSR count). The van der Waals surface area contributed by atoms with E-state index in [2.05, 4.69) is 26.1 Å². The molecule has 0 aromatic heterocycles. The lowest BCUT2D eigenvalue weighted by molar-refractivity contribution is -0.139. The number of hydrogen-bond acceptors (Lipinski definition) is 3. The van der Waals surface area contributed by atoms with Gasteiger partial charge in [0, 0.05) is 12.3 Å². The first kappa shape index (κ1) is 21.5. The molecule has 4 nitrogen and oxygen atoms in total. The van der Waals surface area contributed by atoms with Crippen molar-refractivity contribution in [2.75, 3.05) is 11.9 Å². The van der Waals surface area contributed by atoms with Crippen LogP contribution in [-0.4, -0.2) is 24.2 Å². The van der Waals surface area contributed by atoms with Crippen molar-refractivity contribution in [3.8, 4) is 5.75 Å². The van der Waals surface area contributed by atoms with Crippen LogP contribution in [0.2, 0.25) is 0 Å². The van der Waals surface area contributed by atoms with E-state index in [4.69, 9.17) is 9.47 Å². The van der Waals surface area contributed by atoms with E-state index < -0.39 is 5.60 Å². The smallest absolute Gasteiger partial charge is 0.256 e. The fraction of sp³-hybridized carbons (Fsp3) is 0.667. The summed E-state index contributed by atoms with van der Waals surface area (Å²) in [4.78, 5) is 12.8. The van der Waals surface area contributed by atoms with E-state index in [0.29, 0.717) is 6.61 Å². The van der Waals surface area contributed by atoms with Crippen LogP contribution in [0.1, 0.15) is 72.3 Å². The predicted molar refractivity (Wildman–Crippen MR) is 104 cm³/mol. The number of carbonyl (C=O) groups is 1. The van der Waals surface area contributed by atoms with Gasteiger partial charge in [-0.3, -0.25) is 4.79 Å². The van der Waals surface area contributed by atoms with Gasteiger partial charge in [-0.25, -0.2) is 0 Å². The molecule has 0 fully saturated rings. The number of hydrogen-bond donors (Lipinski definition) is 1. The molecule has 1 amide bonds. The Morgan fingerprint density at radius 3 is 2.52 bits per heavy atom. The molecule has 25 heavy (non-hydrogen) atoms. The van der Waals surface area contributed by atoms with Crippen molar-refractivity contribution in [2.45, 2.75) is 85.4 Å². The minimum Gasteiger partial charge on any atom is -0.490 e. The summed E-state index contributed by atoms with van der Waals surface area (Å²) >= 11 is 0. The molecule has 0 heterocycles. The van der Waals surface area contributed by atoms with Gasteiger partial charge in [0.25, 0.3) is 5.91 Å². The number of amides is 1. The molecule has 0 aliphatic heterocycles. The summed E-state index contributed by atoms with van der Waals surface area (Å²) < 4.78 is 11.7. The van der Waals surface area contributed by atoms with Crippen molar-refractivity contribution in [3.63, 3.8) is 0 Å². The molecule has 1 N–H and O–H groups in total. The van der Waals surface area contributed by atoms with Crippen LogP contribution in [0.4, 0.5) is 5.69 Å². The average molecular weight is 350 g/mol. The average Bonchev–Trinajstić information content (AvgIpc) is 2.57. The van der Waals surface area contributed by atoms with Crippen molar-refractivity contribution >= 4 is 11.6 Å². The monoisotopic (exact) mass is 349 g/mol. The first-order chi connectivity index (χ1) is 11.9. The second-order valence-corrected chi connectivity index (χ2v) is 6.89.